The molecule has 2 aliphatic heterocycles. The Labute approximate surface area is 174 Å². The largest absolute Gasteiger partial charge is 0.376 e. The van der Waals surface area contributed by atoms with Crippen molar-refractivity contribution in [3.8, 4) is 0 Å². The van der Waals surface area contributed by atoms with Gasteiger partial charge in [0.15, 0.2) is 0 Å². The average Bonchev–Trinajstić information content (AvgIpc) is 3.39. The summed E-state index contributed by atoms with van der Waals surface area (Å²) in [5.41, 5.74) is 0.583. The molecule has 2 unspecified atom stereocenters. The van der Waals surface area contributed by atoms with Crippen molar-refractivity contribution in [2.24, 2.45) is 0 Å². The van der Waals surface area contributed by atoms with Gasteiger partial charge in [-0.05, 0) is 31.0 Å². The van der Waals surface area contributed by atoms with Crippen LogP contribution in [0.2, 0.25) is 0 Å². The number of nitrogens with zero attached hydrogens (tertiary/aromatic N) is 1. The molecule has 4 rings (SSSR count). The first-order valence-electron chi connectivity index (χ1n) is 9.88. The monoisotopic (exact) mass is 432 g/mol. The highest BCUT2D eigenvalue weighted by atomic mass is 32.2. The van der Waals surface area contributed by atoms with Crippen LogP contribution in [0.5, 0.6) is 0 Å². The summed E-state index contributed by atoms with van der Waals surface area (Å²) in [4.78, 5) is 24.7. The van der Waals surface area contributed by atoms with Crippen molar-refractivity contribution in [3.63, 3.8) is 0 Å². The average molecular weight is 433 g/mol. The minimum atomic E-state index is -3.78. The molecule has 1 fully saturated rings. The van der Waals surface area contributed by atoms with Crippen LogP contribution in [-0.2, 0) is 19.6 Å². The van der Waals surface area contributed by atoms with E-state index in [1.165, 1.54) is 18.2 Å². The van der Waals surface area contributed by atoms with E-state index >= 15 is 0 Å². The number of benzene rings is 1. The Morgan fingerprint density at radius 2 is 2.07 bits per heavy atom. The van der Waals surface area contributed by atoms with E-state index in [0.717, 1.165) is 19.4 Å². The summed E-state index contributed by atoms with van der Waals surface area (Å²) in [6.07, 6.45) is 3.73. The maximum Gasteiger partial charge on any atom is 0.268 e. The highest BCUT2D eigenvalue weighted by Gasteiger charge is 2.28. The van der Waals surface area contributed by atoms with Crippen molar-refractivity contribution in [1.29, 1.82) is 0 Å². The maximum atomic E-state index is 12.6. The zero-order valence-electron chi connectivity index (χ0n) is 16.3. The molecular formula is C20H24N4O5S. The van der Waals surface area contributed by atoms with Gasteiger partial charge in [-0.25, -0.2) is 8.42 Å². The zero-order valence-corrected chi connectivity index (χ0v) is 17.2. The molecule has 1 aromatic carbocycles. The van der Waals surface area contributed by atoms with Gasteiger partial charge in [0.05, 0.1) is 22.7 Å². The zero-order chi connectivity index (χ0) is 21.1. The van der Waals surface area contributed by atoms with Gasteiger partial charge in [0.1, 0.15) is 5.69 Å². The van der Waals surface area contributed by atoms with Gasteiger partial charge in [0, 0.05) is 32.3 Å². The topological polar surface area (TPSA) is 119 Å². The Hall–Kier alpha value is -2.85. The van der Waals surface area contributed by atoms with E-state index in [0.29, 0.717) is 18.8 Å². The summed E-state index contributed by atoms with van der Waals surface area (Å²) >= 11 is 0. The summed E-state index contributed by atoms with van der Waals surface area (Å²) in [6.45, 7) is 1.49. The Bertz CT molecular complexity index is 1030. The standard InChI is InChI=1S/C20H24N4O5S/c25-19(21-12-16-5-4-8-29-16)10-15-11-22-20(26)18-9-14(13-24(15)18)23-30(27,28)17-6-2-1-3-7-17/h1-3,6-7,9,13,15-16,23H,4-5,8,10-12H2,(H,21,25)(H,22,26). The highest BCUT2D eigenvalue weighted by Crippen LogP contribution is 2.26. The number of fused-ring (bicyclic) bond motifs is 1. The first kappa shape index (κ1) is 20.4. The van der Waals surface area contributed by atoms with Gasteiger partial charge in [-0.3, -0.25) is 14.3 Å². The summed E-state index contributed by atoms with van der Waals surface area (Å²) in [7, 11) is -3.78. The predicted octanol–water partition coefficient (Wildman–Crippen LogP) is 1.26. The van der Waals surface area contributed by atoms with Gasteiger partial charge in [-0.1, -0.05) is 18.2 Å². The quantitative estimate of drug-likeness (QED) is 0.609. The Balaban J connectivity index is 1.46. The Morgan fingerprint density at radius 1 is 1.27 bits per heavy atom. The van der Waals surface area contributed by atoms with E-state index in [4.69, 9.17) is 4.74 Å². The molecule has 1 saturated heterocycles. The summed E-state index contributed by atoms with van der Waals surface area (Å²) in [5.74, 6) is -0.450. The van der Waals surface area contributed by atoms with Gasteiger partial charge < -0.3 is 19.9 Å². The van der Waals surface area contributed by atoms with Gasteiger partial charge in [0.2, 0.25) is 5.91 Å². The molecule has 2 atom stereocenters. The number of hydrogen-bond acceptors (Lipinski definition) is 5. The van der Waals surface area contributed by atoms with Crippen LogP contribution in [0.15, 0.2) is 47.5 Å². The second kappa shape index (κ2) is 8.49. The van der Waals surface area contributed by atoms with Crippen LogP contribution in [0.1, 0.15) is 35.8 Å². The highest BCUT2D eigenvalue weighted by molar-refractivity contribution is 7.92. The van der Waals surface area contributed by atoms with Crippen molar-refractivity contribution >= 4 is 27.5 Å². The number of carbonyl (C=O) groups excluding carboxylic acids is 2. The number of aromatic nitrogens is 1. The second-order valence-electron chi connectivity index (χ2n) is 7.45. The third-order valence-corrected chi connectivity index (χ3v) is 6.65. The van der Waals surface area contributed by atoms with Crippen LogP contribution in [0.25, 0.3) is 0 Å². The minimum Gasteiger partial charge on any atom is -0.376 e. The predicted molar refractivity (Wildman–Crippen MR) is 110 cm³/mol. The molecule has 0 aliphatic carbocycles. The lowest BCUT2D eigenvalue weighted by atomic mass is 10.1. The lowest BCUT2D eigenvalue weighted by molar-refractivity contribution is -0.122. The number of amides is 2. The third kappa shape index (κ3) is 4.49. The van der Waals surface area contributed by atoms with E-state index in [9.17, 15) is 18.0 Å². The van der Waals surface area contributed by atoms with Crippen molar-refractivity contribution in [3.05, 3.63) is 48.3 Å². The van der Waals surface area contributed by atoms with Gasteiger partial charge in [-0.2, -0.15) is 0 Å². The maximum absolute atomic E-state index is 12.6. The first-order valence-corrected chi connectivity index (χ1v) is 11.4. The van der Waals surface area contributed by atoms with Crippen LogP contribution < -0.4 is 15.4 Å². The number of anilines is 1. The van der Waals surface area contributed by atoms with Crippen molar-refractivity contribution in [2.75, 3.05) is 24.4 Å². The lowest BCUT2D eigenvalue weighted by Gasteiger charge is -2.26. The SMILES string of the molecule is O=C(CC1CNC(=O)c2cc(NS(=O)(=O)c3ccccc3)cn21)NCC1CCCO1. The Morgan fingerprint density at radius 3 is 2.80 bits per heavy atom. The molecule has 2 aliphatic rings. The fourth-order valence-corrected chi connectivity index (χ4v) is 4.78. The number of carbonyl (C=O) groups is 2. The van der Waals surface area contributed by atoms with Crippen molar-refractivity contribution in [2.45, 2.75) is 36.3 Å². The van der Waals surface area contributed by atoms with Gasteiger partial charge in [0.25, 0.3) is 15.9 Å². The van der Waals surface area contributed by atoms with Gasteiger partial charge in [-0.15, -0.1) is 0 Å². The molecule has 30 heavy (non-hydrogen) atoms. The van der Waals surface area contributed by atoms with Crippen LogP contribution >= 0.6 is 0 Å². The number of ether oxygens (including phenoxy) is 1. The molecule has 3 heterocycles. The van der Waals surface area contributed by atoms with Crippen LogP contribution in [0, 0.1) is 0 Å². The second-order valence-corrected chi connectivity index (χ2v) is 9.13. The van der Waals surface area contributed by atoms with Crippen molar-refractivity contribution < 1.29 is 22.7 Å². The van der Waals surface area contributed by atoms with Crippen LogP contribution in [0.3, 0.4) is 0 Å². The molecule has 10 heteroatoms. The molecule has 0 radical (unpaired) electrons. The number of nitrogens with one attached hydrogen (secondary N) is 3. The smallest absolute Gasteiger partial charge is 0.268 e. The molecule has 2 amide bonds. The van der Waals surface area contributed by atoms with E-state index < -0.39 is 10.0 Å². The van der Waals surface area contributed by atoms with Crippen molar-refractivity contribution in [1.82, 2.24) is 15.2 Å². The van der Waals surface area contributed by atoms with Crippen LogP contribution in [-0.4, -0.2) is 50.6 Å². The normalized spacial score (nSPS) is 21.0. The molecule has 160 valence electrons. The lowest BCUT2D eigenvalue weighted by Crippen LogP contribution is -2.41. The van der Waals surface area contributed by atoms with E-state index in [-0.39, 0.29) is 41.0 Å². The fraction of sp³-hybridized carbons (Fsp3) is 0.400. The molecule has 0 saturated carbocycles. The summed E-state index contributed by atoms with van der Waals surface area (Å²) in [6, 6.07) is 9.16. The van der Waals surface area contributed by atoms with E-state index in [2.05, 4.69) is 15.4 Å². The Kier molecular flexibility index (Phi) is 5.78. The molecule has 1 aromatic heterocycles. The fourth-order valence-electron chi connectivity index (χ4n) is 3.72. The minimum absolute atomic E-state index is 0.0566. The molecular weight excluding hydrogens is 408 g/mol. The third-order valence-electron chi connectivity index (χ3n) is 5.25. The number of sulfonamides is 1. The molecule has 0 spiro atoms. The summed E-state index contributed by atoms with van der Waals surface area (Å²) < 4.78 is 34.8. The molecule has 9 nitrogen and oxygen atoms in total. The molecule has 0 bridgehead atoms. The van der Waals surface area contributed by atoms with Crippen LogP contribution in [0.4, 0.5) is 5.69 Å². The number of hydrogen-bond donors (Lipinski definition) is 3. The van der Waals surface area contributed by atoms with Gasteiger partial charge >= 0.3 is 0 Å². The number of rotatable bonds is 7. The van der Waals surface area contributed by atoms with E-state index in [1.54, 1.807) is 29.0 Å². The van der Waals surface area contributed by atoms with E-state index in [1.807, 2.05) is 0 Å². The molecule has 3 N–H and O–H groups in total. The first-order chi connectivity index (χ1) is 14.4. The molecule has 2 aromatic rings. The summed E-state index contributed by atoms with van der Waals surface area (Å²) in [5, 5.41) is 5.64.